The zero-order chi connectivity index (χ0) is 23.4. The van der Waals surface area contributed by atoms with E-state index in [0.29, 0.717) is 11.3 Å². The van der Waals surface area contributed by atoms with Crippen LogP contribution in [0.1, 0.15) is 24.2 Å². The molecule has 0 saturated carbocycles. The van der Waals surface area contributed by atoms with Crippen LogP contribution in [0, 0.1) is 0 Å². The number of hydrogen-bond donors (Lipinski definition) is 1. The van der Waals surface area contributed by atoms with E-state index in [-0.39, 0.29) is 33.5 Å². The van der Waals surface area contributed by atoms with E-state index in [4.69, 9.17) is 4.74 Å². The van der Waals surface area contributed by atoms with Crippen LogP contribution in [0.15, 0.2) is 70.6 Å². The van der Waals surface area contributed by atoms with Crippen molar-refractivity contribution >= 4 is 31.5 Å². The number of hydrogen-bond acceptors (Lipinski definition) is 8. The van der Waals surface area contributed by atoms with Gasteiger partial charge >= 0.3 is 5.97 Å². The Morgan fingerprint density at radius 1 is 0.938 bits per heavy atom. The number of aromatic nitrogens is 2. The molecule has 0 aliphatic carbocycles. The van der Waals surface area contributed by atoms with Gasteiger partial charge in [-0.05, 0) is 55.5 Å². The summed E-state index contributed by atoms with van der Waals surface area (Å²) in [5, 5.41) is 7.60. The van der Waals surface area contributed by atoms with Crippen molar-refractivity contribution in [3.63, 3.8) is 0 Å². The largest absolute Gasteiger partial charge is 0.462 e. The van der Waals surface area contributed by atoms with Crippen LogP contribution < -0.4 is 4.72 Å². The fourth-order valence-corrected chi connectivity index (χ4v) is 4.51. The van der Waals surface area contributed by atoms with E-state index in [1.165, 1.54) is 43.3 Å². The predicted octanol–water partition coefficient (Wildman–Crippen LogP) is 2.91. The molecule has 0 atom stereocenters. The molecule has 168 valence electrons. The van der Waals surface area contributed by atoms with Crippen LogP contribution in [0.2, 0.25) is 0 Å². The van der Waals surface area contributed by atoms with Crippen molar-refractivity contribution in [2.45, 2.75) is 23.8 Å². The van der Waals surface area contributed by atoms with Crippen LogP contribution in [0.4, 0.5) is 5.69 Å². The lowest BCUT2D eigenvalue weighted by Crippen LogP contribution is -2.13. The Bertz CT molecular complexity index is 1320. The minimum Gasteiger partial charge on any atom is -0.462 e. The molecule has 0 unspecified atom stereocenters. The van der Waals surface area contributed by atoms with E-state index in [1.54, 1.807) is 31.2 Å². The Morgan fingerprint density at radius 2 is 1.66 bits per heavy atom. The summed E-state index contributed by atoms with van der Waals surface area (Å²) in [5.74, 6) is -0.616. The van der Waals surface area contributed by atoms with Gasteiger partial charge in [-0.3, -0.25) is 4.72 Å². The van der Waals surface area contributed by atoms with Gasteiger partial charge in [-0.15, -0.1) is 10.2 Å². The van der Waals surface area contributed by atoms with Crippen molar-refractivity contribution in [2.75, 3.05) is 17.1 Å². The first kappa shape index (κ1) is 23.4. The number of nitrogens with one attached hydrogen (secondary N) is 1. The molecule has 0 fully saturated rings. The van der Waals surface area contributed by atoms with Crippen LogP contribution in [0.25, 0.3) is 11.3 Å². The molecule has 0 saturated heterocycles. The fourth-order valence-electron chi connectivity index (χ4n) is 2.73. The first-order chi connectivity index (χ1) is 15.2. The number of carbonyl (C=O) groups excluding carboxylic acids is 1. The number of ether oxygens (including phenoxy) is 1. The van der Waals surface area contributed by atoms with E-state index < -0.39 is 25.8 Å². The van der Waals surface area contributed by atoms with Gasteiger partial charge in [-0.25, -0.2) is 21.6 Å². The zero-order valence-corrected chi connectivity index (χ0v) is 19.0. The Hall–Kier alpha value is -3.31. The maximum atomic E-state index is 12.7. The number of carbonyl (C=O) groups is 1. The highest BCUT2D eigenvalue weighted by Crippen LogP contribution is 2.23. The first-order valence-corrected chi connectivity index (χ1v) is 12.8. The number of sulfone groups is 1. The van der Waals surface area contributed by atoms with Crippen LogP contribution in [0.3, 0.4) is 0 Å². The minimum absolute atomic E-state index is 0.0233. The first-order valence-electron chi connectivity index (χ1n) is 9.63. The van der Waals surface area contributed by atoms with Crippen LogP contribution in [-0.4, -0.2) is 45.4 Å². The molecule has 0 bridgehead atoms. The summed E-state index contributed by atoms with van der Waals surface area (Å²) in [7, 11) is -7.38. The summed E-state index contributed by atoms with van der Waals surface area (Å²) in [6.07, 6.45) is 0. The van der Waals surface area contributed by atoms with Crippen LogP contribution >= 0.6 is 0 Å². The lowest BCUT2D eigenvalue weighted by atomic mass is 10.1. The highest BCUT2D eigenvalue weighted by molar-refractivity contribution is 7.92. The van der Waals surface area contributed by atoms with Gasteiger partial charge in [-0.1, -0.05) is 19.1 Å². The topological polar surface area (TPSA) is 132 Å². The maximum Gasteiger partial charge on any atom is 0.338 e. The third kappa shape index (κ3) is 5.29. The number of nitrogens with zero attached hydrogens (tertiary/aromatic N) is 2. The number of anilines is 1. The molecule has 0 aliphatic rings. The summed E-state index contributed by atoms with van der Waals surface area (Å²) < 4.78 is 56.6. The number of benzene rings is 2. The fraction of sp³-hybridized carbons (Fsp3) is 0.190. The second kappa shape index (κ2) is 9.45. The van der Waals surface area contributed by atoms with E-state index in [0.717, 1.165) is 0 Å². The normalized spacial score (nSPS) is 11.7. The molecule has 0 aliphatic heterocycles. The molecular formula is C21H21N3O6S2. The third-order valence-electron chi connectivity index (χ3n) is 4.43. The SMILES string of the molecule is CCOC(=O)c1ccc(S(=O)(=O)Nc2cccc(-c3ccc(S(=O)(=O)CC)nn3)c2)cc1. The second-order valence-corrected chi connectivity index (χ2v) is 10.5. The van der Waals surface area contributed by atoms with Gasteiger partial charge < -0.3 is 4.74 Å². The zero-order valence-electron chi connectivity index (χ0n) is 17.3. The van der Waals surface area contributed by atoms with E-state index in [2.05, 4.69) is 14.9 Å². The summed E-state index contributed by atoms with van der Waals surface area (Å²) in [4.78, 5) is 11.7. The predicted molar refractivity (Wildman–Crippen MR) is 118 cm³/mol. The second-order valence-electron chi connectivity index (χ2n) is 6.59. The van der Waals surface area contributed by atoms with Gasteiger partial charge in [0.25, 0.3) is 10.0 Å². The van der Waals surface area contributed by atoms with Crippen molar-refractivity contribution in [1.82, 2.24) is 10.2 Å². The van der Waals surface area contributed by atoms with E-state index in [1.807, 2.05) is 0 Å². The average Bonchev–Trinajstić information content (AvgIpc) is 2.79. The Morgan fingerprint density at radius 3 is 2.25 bits per heavy atom. The lowest BCUT2D eigenvalue weighted by molar-refractivity contribution is 0.0526. The van der Waals surface area contributed by atoms with Crippen LogP contribution in [0.5, 0.6) is 0 Å². The molecule has 2 aromatic carbocycles. The molecule has 0 amide bonds. The quantitative estimate of drug-likeness (QED) is 0.492. The van der Waals surface area contributed by atoms with Crippen molar-refractivity contribution < 1.29 is 26.4 Å². The van der Waals surface area contributed by atoms with Gasteiger partial charge in [-0.2, -0.15) is 0 Å². The molecule has 1 heterocycles. The third-order valence-corrected chi connectivity index (χ3v) is 7.44. The molecule has 3 rings (SSSR count). The molecule has 32 heavy (non-hydrogen) atoms. The Kier molecular flexibility index (Phi) is 6.90. The Balaban J connectivity index is 1.81. The molecule has 1 N–H and O–H groups in total. The lowest BCUT2D eigenvalue weighted by Gasteiger charge is -2.10. The van der Waals surface area contributed by atoms with Crippen LogP contribution in [-0.2, 0) is 24.6 Å². The molecule has 1 aromatic heterocycles. The number of esters is 1. The molecule has 3 aromatic rings. The van der Waals surface area contributed by atoms with Gasteiger partial charge in [0, 0.05) is 11.3 Å². The smallest absolute Gasteiger partial charge is 0.338 e. The Labute approximate surface area is 186 Å². The van der Waals surface area contributed by atoms with Crippen molar-refractivity contribution in [3.05, 3.63) is 66.2 Å². The average molecular weight is 476 g/mol. The molecule has 11 heteroatoms. The van der Waals surface area contributed by atoms with E-state index in [9.17, 15) is 21.6 Å². The summed E-state index contributed by atoms with van der Waals surface area (Å²) in [5.41, 5.74) is 1.47. The molecule has 0 spiro atoms. The van der Waals surface area contributed by atoms with Crippen molar-refractivity contribution in [3.8, 4) is 11.3 Å². The monoisotopic (exact) mass is 475 g/mol. The highest BCUT2D eigenvalue weighted by atomic mass is 32.2. The molecule has 9 nitrogen and oxygen atoms in total. The maximum absolute atomic E-state index is 12.7. The number of rotatable bonds is 8. The number of sulfonamides is 1. The van der Waals surface area contributed by atoms with Crippen molar-refractivity contribution in [2.24, 2.45) is 0 Å². The minimum atomic E-state index is -3.91. The van der Waals surface area contributed by atoms with Gasteiger partial charge in [0.05, 0.1) is 28.5 Å². The van der Waals surface area contributed by atoms with E-state index >= 15 is 0 Å². The van der Waals surface area contributed by atoms with Gasteiger partial charge in [0.2, 0.25) is 0 Å². The molecule has 0 radical (unpaired) electrons. The summed E-state index contributed by atoms with van der Waals surface area (Å²) in [6.45, 7) is 3.42. The standard InChI is InChI=1S/C21H21N3O6S2/c1-3-30-21(25)15-8-10-18(11-9-15)32(28,29)24-17-7-5-6-16(14-17)19-12-13-20(23-22-19)31(26,27)4-2/h5-14,24H,3-4H2,1-2H3. The van der Waals surface area contributed by atoms with Gasteiger partial charge in [0.1, 0.15) is 0 Å². The summed E-state index contributed by atoms with van der Waals surface area (Å²) in [6, 6.07) is 14.7. The van der Waals surface area contributed by atoms with Crippen molar-refractivity contribution in [1.29, 1.82) is 0 Å². The molecular weight excluding hydrogens is 454 g/mol. The summed E-state index contributed by atoms with van der Waals surface area (Å²) >= 11 is 0. The highest BCUT2D eigenvalue weighted by Gasteiger charge is 2.17. The van der Waals surface area contributed by atoms with Gasteiger partial charge in [0.15, 0.2) is 14.9 Å².